The highest BCUT2D eigenvalue weighted by molar-refractivity contribution is 6.10. The lowest BCUT2D eigenvalue weighted by Gasteiger charge is -2.44. The van der Waals surface area contributed by atoms with Gasteiger partial charge in [0.1, 0.15) is 34.4 Å². The first-order valence-corrected chi connectivity index (χ1v) is 16.3. The van der Waals surface area contributed by atoms with Crippen LogP contribution in [-0.2, 0) is 26.2 Å². The van der Waals surface area contributed by atoms with Gasteiger partial charge in [-0.25, -0.2) is 0 Å². The van der Waals surface area contributed by atoms with Crippen LogP contribution in [0, 0.1) is 23.2 Å². The van der Waals surface area contributed by atoms with E-state index in [1.165, 1.54) is 6.92 Å². The van der Waals surface area contributed by atoms with E-state index in [9.17, 15) is 24.8 Å². The minimum absolute atomic E-state index is 0.0282. The molecule has 3 atom stereocenters. The van der Waals surface area contributed by atoms with Crippen LogP contribution in [0.2, 0.25) is 0 Å². The molecule has 1 aliphatic carbocycles. The van der Waals surface area contributed by atoms with Crippen molar-refractivity contribution in [2.24, 2.45) is 11.8 Å². The number of amides is 2. The van der Waals surface area contributed by atoms with Gasteiger partial charge in [0.25, 0.3) is 11.8 Å². The molecule has 2 aromatic carbocycles. The van der Waals surface area contributed by atoms with E-state index in [0.717, 1.165) is 27.7 Å². The van der Waals surface area contributed by atoms with Crippen molar-refractivity contribution < 1.29 is 24.2 Å². The Bertz CT molecular complexity index is 2030. The van der Waals surface area contributed by atoms with Crippen molar-refractivity contribution >= 4 is 40.8 Å². The number of piperazine rings is 1. The van der Waals surface area contributed by atoms with Crippen LogP contribution in [-0.4, -0.2) is 33.4 Å². The van der Waals surface area contributed by atoms with Gasteiger partial charge in [0.15, 0.2) is 0 Å². The van der Waals surface area contributed by atoms with E-state index in [1.807, 2.05) is 89.3 Å². The molecule has 3 aromatic rings. The Labute approximate surface area is 286 Å². The van der Waals surface area contributed by atoms with Crippen molar-refractivity contribution in [1.29, 1.82) is 5.26 Å². The molecule has 5 rings (SSSR count). The van der Waals surface area contributed by atoms with Crippen LogP contribution in [0.3, 0.4) is 0 Å². The Balaban J connectivity index is 1.55. The van der Waals surface area contributed by atoms with E-state index in [-0.39, 0.29) is 40.1 Å². The molecule has 2 amide bonds. The third-order valence-corrected chi connectivity index (χ3v) is 9.23. The number of hydrogen-bond acceptors (Lipinski definition) is 6. The van der Waals surface area contributed by atoms with Gasteiger partial charge in [0, 0.05) is 51.5 Å². The molecule has 0 saturated carbocycles. The summed E-state index contributed by atoms with van der Waals surface area (Å²) in [5.74, 6) is -2.18. The second kappa shape index (κ2) is 13.5. The summed E-state index contributed by atoms with van der Waals surface area (Å²) in [7, 11) is 0. The molecular formula is C40H42N4O5. The number of phenols is 1. The molecule has 0 radical (unpaired) electrons. The van der Waals surface area contributed by atoms with Gasteiger partial charge in [-0.2, -0.15) is 5.26 Å². The normalized spacial score (nSPS) is 21.4. The smallest absolute Gasteiger partial charge is 0.308 e. The number of allylic oxidation sites excluding steroid dienone is 4. The predicted octanol–water partition coefficient (Wildman–Crippen LogP) is 6.89. The van der Waals surface area contributed by atoms with Crippen LogP contribution in [0.15, 0.2) is 78.6 Å². The Morgan fingerprint density at radius 3 is 2.59 bits per heavy atom. The number of nitriles is 1. The molecule has 4 N–H and O–H groups in total. The van der Waals surface area contributed by atoms with Crippen LogP contribution in [0.1, 0.15) is 75.9 Å². The van der Waals surface area contributed by atoms with Gasteiger partial charge >= 0.3 is 5.97 Å². The number of benzene rings is 2. The number of esters is 1. The number of fused-ring (bicyclic) bond motifs is 1. The molecule has 49 heavy (non-hydrogen) atoms. The molecule has 252 valence electrons. The van der Waals surface area contributed by atoms with Gasteiger partial charge in [0.05, 0.1) is 0 Å². The summed E-state index contributed by atoms with van der Waals surface area (Å²) >= 11 is 0. The standard InChI is InChI=1S/C40H42N4O5/c1-8-39(6,7)36-30(28-11-9-10-12-32(28)42-36)20-33-37(47)44-40(38(48)43-33)21-24(4)14-16-27(40)17-18-29-31(22-41)35(46)26(15-13-23(2)3)19-34(29)49-25(5)45/h8-14,16-20,24,27,42,46H,1,15,21H2,2-7H3,(H,43,48)(H,44,47)/b18-17+,33-20-/t24-,27-,40-/m0/s1. The maximum atomic E-state index is 14.2. The zero-order chi connectivity index (χ0) is 35.7. The zero-order valence-corrected chi connectivity index (χ0v) is 28.7. The van der Waals surface area contributed by atoms with Crippen molar-refractivity contribution in [3.63, 3.8) is 0 Å². The molecular weight excluding hydrogens is 616 g/mol. The monoisotopic (exact) mass is 658 g/mol. The minimum atomic E-state index is -1.34. The Kier molecular flexibility index (Phi) is 9.55. The van der Waals surface area contributed by atoms with Crippen LogP contribution in [0.25, 0.3) is 23.1 Å². The number of nitrogens with zero attached hydrogens (tertiary/aromatic N) is 1. The number of carbonyl (C=O) groups excluding carboxylic acids is 3. The van der Waals surface area contributed by atoms with Crippen LogP contribution in [0.4, 0.5) is 0 Å². The zero-order valence-electron chi connectivity index (χ0n) is 28.7. The Morgan fingerprint density at radius 2 is 1.92 bits per heavy atom. The number of rotatable bonds is 8. The highest BCUT2D eigenvalue weighted by atomic mass is 16.5. The van der Waals surface area contributed by atoms with Gasteiger partial charge in [-0.1, -0.05) is 81.0 Å². The van der Waals surface area contributed by atoms with Crippen LogP contribution in [0.5, 0.6) is 11.5 Å². The van der Waals surface area contributed by atoms with Crippen LogP contribution >= 0.6 is 0 Å². The van der Waals surface area contributed by atoms with Crippen molar-refractivity contribution in [1.82, 2.24) is 15.6 Å². The van der Waals surface area contributed by atoms with Crippen molar-refractivity contribution in [3.05, 3.63) is 107 Å². The summed E-state index contributed by atoms with van der Waals surface area (Å²) < 4.78 is 5.50. The van der Waals surface area contributed by atoms with Crippen molar-refractivity contribution in [2.45, 2.75) is 65.3 Å². The topological polar surface area (TPSA) is 144 Å². The molecule has 0 unspecified atom stereocenters. The number of carbonyl (C=O) groups is 3. The first kappa shape index (κ1) is 34.7. The van der Waals surface area contributed by atoms with E-state index < -0.39 is 28.7 Å². The number of para-hydroxylation sites is 1. The first-order valence-electron chi connectivity index (χ1n) is 16.3. The molecule has 2 heterocycles. The molecule has 1 saturated heterocycles. The fourth-order valence-electron chi connectivity index (χ4n) is 6.48. The second-order valence-electron chi connectivity index (χ2n) is 13.6. The average molecular weight is 659 g/mol. The number of hydrogen-bond donors (Lipinski definition) is 4. The summed E-state index contributed by atoms with van der Waals surface area (Å²) in [6, 6.07) is 11.4. The number of aromatic hydroxyl groups is 1. The van der Waals surface area contributed by atoms with Gasteiger partial charge in [-0.05, 0) is 50.8 Å². The summed E-state index contributed by atoms with van der Waals surface area (Å²) in [6.07, 6.45) is 13.2. The quantitative estimate of drug-likeness (QED) is 0.0898. The van der Waals surface area contributed by atoms with E-state index in [2.05, 4.69) is 22.2 Å². The average Bonchev–Trinajstić information content (AvgIpc) is 3.42. The largest absolute Gasteiger partial charge is 0.506 e. The lowest BCUT2D eigenvalue weighted by molar-refractivity contribution is -0.138. The van der Waals surface area contributed by atoms with Crippen molar-refractivity contribution in [3.8, 4) is 17.6 Å². The lowest BCUT2D eigenvalue weighted by atomic mass is 9.71. The van der Waals surface area contributed by atoms with E-state index in [0.29, 0.717) is 18.4 Å². The fraction of sp³-hybridized carbons (Fsp3) is 0.300. The van der Waals surface area contributed by atoms with Gasteiger partial charge in [0.2, 0.25) is 0 Å². The lowest BCUT2D eigenvalue weighted by Crippen LogP contribution is -2.68. The highest BCUT2D eigenvalue weighted by Crippen LogP contribution is 2.40. The molecule has 1 fully saturated rings. The molecule has 9 nitrogen and oxygen atoms in total. The first-order chi connectivity index (χ1) is 23.2. The van der Waals surface area contributed by atoms with E-state index in [4.69, 9.17) is 4.74 Å². The SMILES string of the molecule is C=CC(C)(C)c1[nH]c2ccccc2c1/C=C1\NC(=O)[C@@]2(C[C@@H](C)C=C[C@H]2/C=C/c2c(OC(C)=O)cc(CC=C(C)C)c(O)c2C#N)NC1=O. The van der Waals surface area contributed by atoms with E-state index >= 15 is 0 Å². The Morgan fingerprint density at radius 1 is 1.18 bits per heavy atom. The number of nitrogens with one attached hydrogen (secondary N) is 3. The van der Waals surface area contributed by atoms with Gasteiger partial charge in [-0.3, -0.25) is 14.4 Å². The third kappa shape index (κ3) is 6.72. The summed E-state index contributed by atoms with van der Waals surface area (Å²) in [5.41, 5.74) is 2.45. The number of ether oxygens (including phenoxy) is 1. The third-order valence-electron chi connectivity index (χ3n) is 9.23. The van der Waals surface area contributed by atoms with Gasteiger partial charge < -0.3 is 25.5 Å². The van der Waals surface area contributed by atoms with E-state index in [1.54, 1.807) is 24.3 Å². The Hall–Kier alpha value is -5.62. The second-order valence-corrected chi connectivity index (χ2v) is 13.6. The summed E-state index contributed by atoms with van der Waals surface area (Å²) in [5, 5.41) is 28.0. The number of phenolic OH excluding ortho intramolecular Hbond substituents is 1. The minimum Gasteiger partial charge on any atom is -0.506 e. The molecule has 2 aliphatic rings. The molecule has 1 aliphatic heterocycles. The molecule has 0 bridgehead atoms. The molecule has 1 aromatic heterocycles. The number of aromatic amines is 1. The maximum Gasteiger partial charge on any atom is 0.308 e. The summed E-state index contributed by atoms with van der Waals surface area (Å²) in [6.45, 7) is 15.1. The maximum absolute atomic E-state index is 14.2. The predicted molar refractivity (Wildman–Crippen MR) is 191 cm³/mol. The molecule has 9 heteroatoms. The number of aromatic nitrogens is 1. The van der Waals surface area contributed by atoms with Crippen molar-refractivity contribution in [2.75, 3.05) is 0 Å². The number of H-pyrrole nitrogens is 1. The fourth-order valence-corrected chi connectivity index (χ4v) is 6.48. The summed E-state index contributed by atoms with van der Waals surface area (Å²) in [4.78, 5) is 43.6. The van der Waals surface area contributed by atoms with Crippen LogP contribution < -0.4 is 15.4 Å². The molecule has 1 spiro atoms. The van der Waals surface area contributed by atoms with Gasteiger partial charge in [-0.15, -0.1) is 6.58 Å². The highest BCUT2D eigenvalue weighted by Gasteiger charge is 2.51.